The Morgan fingerprint density at radius 1 is 1.20 bits per heavy atom. The van der Waals surface area contributed by atoms with Crippen molar-refractivity contribution >= 4 is 50.9 Å². The number of nitrogens with zero attached hydrogens (tertiary/aromatic N) is 1. The zero-order valence-electron chi connectivity index (χ0n) is 7.48. The van der Waals surface area contributed by atoms with Crippen LogP contribution in [0, 0.1) is 0 Å². The number of rotatable bonds is 1. The fourth-order valence-corrected chi connectivity index (χ4v) is 2.37. The standard InChI is InChI=1S/C9H6BBrClNO2/c11-8-6-4-2-1-3-5(6)7(10(14)15)9(12)13-8/h1-4,14-15H. The van der Waals surface area contributed by atoms with Crippen LogP contribution in [0.2, 0.25) is 5.15 Å². The molecule has 0 radical (unpaired) electrons. The predicted octanol–water partition coefficient (Wildman–Crippen LogP) is 1.33. The van der Waals surface area contributed by atoms with Gasteiger partial charge in [-0.2, -0.15) is 0 Å². The summed E-state index contributed by atoms with van der Waals surface area (Å²) in [5.74, 6) is 0. The SMILES string of the molecule is OB(O)c1c(Cl)nc(Br)c2ccccc12. The van der Waals surface area contributed by atoms with E-state index in [2.05, 4.69) is 20.9 Å². The van der Waals surface area contributed by atoms with Gasteiger partial charge in [0.15, 0.2) is 0 Å². The van der Waals surface area contributed by atoms with E-state index in [9.17, 15) is 10.0 Å². The number of hydrogen-bond acceptors (Lipinski definition) is 3. The van der Waals surface area contributed by atoms with Gasteiger partial charge in [-0.15, -0.1) is 0 Å². The first-order chi connectivity index (χ1) is 7.11. The molecule has 0 saturated heterocycles. The molecule has 2 rings (SSSR count). The Labute approximate surface area is 100.0 Å². The van der Waals surface area contributed by atoms with Crippen molar-refractivity contribution < 1.29 is 10.0 Å². The van der Waals surface area contributed by atoms with E-state index in [0.717, 1.165) is 5.39 Å². The van der Waals surface area contributed by atoms with Crippen LogP contribution in [-0.4, -0.2) is 22.2 Å². The van der Waals surface area contributed by atoms with Crippen molar-refractivity contribution in [2.24, 2.45) is 0 Å². The predicted molar refractivity (Wildman–Crippen MR) is 64.3 cm³/mol. The van der Waals surface area contributed by atoms with Gasteiger partial charge >= 0.3 is 7.12 Å². The van der Waals surface area contributed by atoms with Crippen molar-refractivity contribution in [3.05, 3.63) is 34.0 Å². The minimum atomic E-state index is -1.62. The molecule has 0 atom stereocenters. The zero-order valence-corrected chi connectivity index (χ0v) is 9.83. The summed E-state index contributed by atoms with van der Waals surface area (Å²) in [6, 6.07) is 7.24. The fraction of sp³-hybridized carbons (Fsp3) is 0. The lowest BCUT2D eigenvalue weighted by atomic mass is 9.78. The number of aromatic nitrogens is 1. The first-order valence-electron chi connectivity index (χ1n) is 4.21. The Morgan fingerprint density at radius 3 is 2.40 bits per heavy atom. The molecule has 0 aliphatic rings. The molecule has 0 aliphatic heterocycles. The van der Waals surface area contributed by atoms with Crippen LogP contribution < -0.4 is 5.46 Å². The van der Waals surface area contributed by atoms with Gasteiger partial charge in [-0.05, 0) is 21.3 Å². The molecule has 0 bridgehead atoms. The molecule has 0 fully saturated rings. The summed E-state index contributed by atoms with van der Waals surface area (Å²) in [6.45, 7) is 0. The Hall–Kier alpha value is -0.615. The van der Waals surface area contributed by atoms with Crippen molar-refractivity contribution in [3.8, 4) is 0 Å². The number of benzene rings is 1. The molecule has 15 heavy (non-hydrogen) atoms. The van der Waals surface area contributed by atoms with Gasteiger partial charge in [0.25, 0.3) is 0 Å². The van der Waals surface area contributed by atoms with Crippen LogP contribution in [0.1, 0.15) is 0 Å². The Bertz CT molecular complexity index is 521. The fourth-order valence-electron chi connectivity index (χ4n) is 1.46. The molecule has 2 aromatic rings. The van der Waals surface area contributed by atoms with Gasteiger partial charge in [-0.1, -0.05) is 35.9 Å². The molecule has 0 spiro atoms. The third-order valence-electron chi connectivity index (χ3n) is 2.12. The van der Waals surface area contributed by atoms with E-state index in [1.807, 2.05) is 12.1 Å². The molecular formula is C9H6BBrClNO2. The highest BCUT2D eigenvalue weighted by Crippen LogP contribution is 2.23. The van der Waals surface area contributed by atoms with Gasteiger partial charge in [0, 0.05) is 10.8 Å². The first kappa shape index (κ1) is 10.9. The lowest BCUT2D eigenvalue weighted by molar-refractivity contribution is 0.426. The first-order valence-corrected chi connectivity index (χ1v) is 5.38. The van der Waals surface area contributed by atoms with Crippen LogP contribution in [0.15, 0.2) is 28.9 Å². The quantitative estimate of drug-likeness (QED) is 0.614. The Morgan fingerprint density at radius 2 is 1.80 bits per heavy atom. The molecule has 0 aliphatic carbocycles. The highest BCUT2D eigenvalue weighted by Gasteiger charge is 2.21. The Balaban J connectivity index is 2.90. The van der Waals surface area contributed by atoms with Gasteiger partial charge in [0.2, 0.25) is 0 Å². The average Bonchev–Trinajstić information content (AvgIpc) is 2.17. The molecule has 0 unspecified atom stereocenters. The highest BCUT2D eigenvalue weighted by molar-refractivity contribution is 9.10. The van der Waals surface area contributed by atoms with E-state index >= 15 is 0 Å². The number of fused-ring (bicyclic) bond motifs is 1. The monoisotopic (exact) mass is 285 g/mol. The van der Waals surface area contributed by atoms with Crippen molar-refractivity contribution in [3.63, 3.8) is 0 Å². The van der Waals surface area contributed by atoms with E-state index in [1.54, 1.807) is 12.1 Å². The van der Waals surface area contributed by atoms with Crippen LogP contribution in [0.4, 0.5) is 0 Å². The summed E-state index contributed by atoms with van der Waals surface area (Å²) >= 11 is 9.11. The van der Waals surface area contributed by atoms with E-state index in [0.29, 0.717) is 9.99 Å². The second kappa shape index (κ2) is 4.10. The molecule has 0 saturated carbocycles. The molecule has 1 aromatic heterocycles. The molecule has 0 amide bonds. The van der Waals surface area contributed by atoms with Gasteiger partial charge in [-0.3, -0.25) is 0 Å². The summed E-state index contributed by atoms with van der Waals surface area (Å²) in [6.07, 6.45) is 0. The van der Waals surface area contributed by atoms with Crippen LogP contribution in [0.5, 0.6) is 0 Å². The summed E-state index contributed by atoms with van der Waals surface area (Å²) < 4.78 is 0.590. The van der Waals surface area contributed by atoms with Gasteiger partial charge in [-0.25, -0.2) is 4.98 Å². The minimum Gasteiger partial charge on any atom is -0.423 e. The topological polar surface area (TPSA) is 53.4 Å². The van der Waals surface area contributed by atoms with E-state index in [1.165, 1.54) is 0 Å². The smallest absolute Gasteiger partial charge is 0.423 e. The van der Waals surface area contributed by atoms with Crippen LogP contribution in [0.25, 0.3) is 10.8 Å². The van der Waals surface area contributed by atoms with E-state index in [-0.39, 0.29) is 10.6 Å². The van der Waals surface area contributed by atoms with Crippen molar-refractivity contribution in [1.29, 1.82) is 0 Å². The van der Waals surface area contributed by atoms with E-state index in [4.69, 9.17) is 11.6 Å². The number of hydrogen-bond donors (Lipinski definition) is 2. The third kappa shape index (κ3) is 1.88. The molecule has 76 valence electrons. The molecule has 1 heterocycles. The normalized spacial score (nSPS) is 10.7. The van der Waals surface area contributed by atoms with Crippen molar-refractivity contribution in [1.82, 2.24) is 4.98 Å². The lowest BCUT2D eigenvalue weighted by Crippen LogP contribution is -2.32. The third-order valence-corrected chi connectivity index (χ3v) is 3.01. The van der Waals surface area contributed by atoms with Gasteiger partial charge in [0.1, 0.15) is 9.76 Å². The number of pyridine rings is 1. The number of halogens is 2. The average molecular weight is 286 g/mol. The summed E-state index contributed by atoms with van der Waals surface area (Å²) in [7, 11) is -1.62. The van der Waals surface area contributed by atoms with Crippen LogP contribution in [-0.2, 0) is 0 Å². The van der Waals surface area contributed by atoms with E-state index < -0.39 is 7.12 Å². The molecule has 6 heteroatoms. The maximum absolute atomic E-state index is 9.21. The summed E-state index contributed by atoms with van der Waals surface area (Å²) in [4.78, 5) is 3.99. The van der Waals surface area contributed by atoms with Gasteiger partial charge in [0.05, 0.1) is 0 Å². The minimum absolute atomic E-state index is 0.0931. The second-order valence-corrected chi connectivity index (χ2v) is 4.14. The van der Waals surface area contributed by atoms with Crippen LogP contribution in [0.3, 0.4) is 0 Å². The molecule has 2 N–H and O–H groups in total. The highest BCUT2D eigenvalue weighted by atomic mass is 79.9. The maximum atomic E-state index is 9.21. The maximum Gasteiger partial charge on any atom is 0.492 e. The lowest BCUT2D eigenvalue weighted by Gasteiger charge is -2.08. The summed E-state index contributed by atoms with van der Waals surface area (Å²) in [5, 5.41) is 20.0. The van der Waals surface area contributed by atoms with Crippen LogP contribution >= 0.6 is 27.5 Å². The Kier molecular flexibility index (Phi) is 2.97. The zero-order chi connectivity index (χ0) is 11.0. The van der Waals surface area contributed by atoms with Gasteiger partial charge < -0.3 is 10.0 Å². The van der Waals surface area contributed by atoms with Crippen molar-refractivity contribution in [2.45, 2.75) is 0 Å². The second-order valence-electron chi connectivity index (χ2n) is 3.03. The molecule has 3 nitrogen and oxygen atoms in total. The van der Waals surface area contributed by atoms with Crippen molar-refractivity contribution in [2.75, 3.05) is 0 Å². The summed E-state index contributed by atoms with van der Waals surface area (Å²) in [5.41, 5.74) is 0.232. The largest absolute Gasteiger partial charge is 0.492 e. The molecule has 1 aromatic carbocycles. The molecular weight excluding hydrogens is 280 g/mol.